The van der Waals surface area contributed by atoms with Crippen molar-refractivity contribution in [3.63, 3.8) is 0 Å². The molecule has 3 rings (SSSR count). The molecule has 0 unspecified atom stereocenters. The third kappa shape index (κ3) is 2.00. The fourth-order valence-electron chi connectivity index (χ4n) is 1.44. The molecule has 0 atom stereocenters. The van der Waals surface area contributed by atoms with Crippen molar-refractivity contribution in [2.45, 2.75) is 0 Å². The van der Waals surface area contributed by atoms with E-state index in [1.807, 2.05) is 12.3 Å². The Bertz CT molecular complexity index is 646. The summed E-state index contributed by atoms with van der Waals surface area (Å²) in [7, 11) is 1.62. The van der Waals surface area contributed by atoms with Gasteiger partial charge in [0.1, 0.15) is 14.5 Å². The van der Waals surface area contributed by atoms with E-state index in [-0.39, 0.29) is 0 Å². The smallest absolute Gasteiger partial charge is 0.213 e. The van der Waals surface area contributed by atoms with Gasteiger partial charge in [-0.25, -0.2) is 9.50 Å². The molecule has 86 valence electrons. The molecule has 0 aliphatic heterocycles. The second-order valence-electron chi connectivity index (χ2n) is 3.31. The molecular weight excluding hydrogens is 351 g/mol. The summed E-state index contributed by atoms with van der Waals surface area (Å²) in [6.07, 6.45) is 5.33. The molecule has 0 amide bonds. The number of rotatable bonds is 2. The highest BCUT2D eigenvalue weighted by atomic mass is 127. The van der Waals surface area contributed by atoms with Crippen LogP contribution in [0.3, 0.4) is 0 Å². The van der Waals surface area contributed by atoms with Crippen molar-refractivity contribution >= 4 is 38.9 Å². The lowest BCUT2D eigenvalue weighted by molar-refractivity contribution is 0.413. The van der Waals surface area contributed by atoms with Gasteiger partial charge in [0.05, 0.1) is 19.5 Å². The van der Waals surface area contributed by atoms with Crippen molar-refractivity contribution < 1.29 is 4.74 Å². The molecule has 0 aromatic carbocycles. The number of pyridine rings is 1. The molecule has 0 aliphatic carbocycles. The average molecular weight is 358 g/mol. The highest BCUT2D eigenvalue weighted by Gasteiger charge is 2.09. The molecule has 0 spiro atoms. The molecule has 3 aromatic heterocycles. The van der Waals surface area contributed by atoms with Crippen LogP contribution in [0.4, 0.5) is 0 Å². The Labute approximate surface area is 115 Å². The normalized spacial score (nSPS) is 10.9. The van der Waals surface area contributed by atoms with Crippen LogP contribution in [-0.4, -0.2) is 26.7 Å². The Kier molecular flexibility index (Phi) is 2.71. The Morgan fingerprint density at radius 1 is 1.41 bits per heavy atom. The third-order valence-electron chi connectivity index (χ3n) is 2.21. The van der Waals surface area contributed by atoms with E-state index in [4.69, 9.17) is 4.74 Å². The zero-order valence-electron chi connectivity index (χ0n) is 8.79. The van der Waals surface area contributed by atoms with Crippen LogP contribution in [0.5, 0.6) is 5.75 Å². The summed E-state index contributed by atoms with van der Waals surface area (Å²) in [5.41, 5.74) is 0.940. The molecule has 0 saturated heterocycles. The van der Waals surface area contributed by atoms with Gasteiger partial charge in [0, 0.05) is 11.8 Å². The minimum atomic E-state index is 0.727. The van der Waals surface area contributed by atoms with Crippen LogP contribution in [-0.2, 0) is 0 Å². The Balaban J connectivity index is 2.09. The Hall–Kier alpha value is -1.22. The molecule has 7 heteroatoms. The van der Waals surface area contributed by atoms with Gasteiger partial charge in [-0.05, 0) is 28.7 Å². The molecule has 0 saturated carbocycles. The van der Waals surface area contributed by atoms with E-state index in [1.54, 1.807) is 24.0 Å². The van der Waals surface area contributed by atoms with Crippen molar-refractivity contribution in [2.24, 2.45) is 0 Å². The SMILES string of the molecule is COc1cncc(-c2nn3cc(I)nc3s2)c1. The first-order valence-corrected chi connectivity index (χ1v) is 6.67. The molecule has 3 heterocycles. The van der Waals surface area contributed by atoms with Crippen LogP contribution < -0.4 is 4.74 Å². The first-order chi connectivity index (χ1) is 8.26. The van der Waals surface area contributed by atoms with Crippen LogP contribution in [0, 0.1) is 3.70 Å². The number of hydrogen-bond donors (Lipinski definition) is 0. The number of nitrogens with zero attached hydrogens (tertiary/aromatic N) is 4. The van der Waals surface area contributed by atoms with Gasteiger partial charge in [0.25, 0.3) is 0 Å². The van der Waals surface area contributed by atoms with E-state index in [0.29, 0.717) is 0 Å². The van der Waals surface area contributed by atoms with Gasteiger partial charge in [0.2, 0.25) is 4.96 Å². The van der Waals surface area contributed by atoms with E-state index in [2.05, 4.69) is 37.7 Å². The maximum atomic E-state index is 5.14. The van der Waals surface area contributed by atoms with Crippen molar-refractivity contribution in [2.75, 3.05) is 7.11 Å². The first kappa shape index (κ1) is 10.9. The maximum absolute atomic E-state index is 5.14. The summed E-state index contributed by atoms with van der Waals surface area (Å²) in [5, 5.41) is 5.34. The first-order valence-electron chi connectivity index (χ1n) is 4.77. The summed E-state index contributed by atoms with van der Waals surface area (Å²) in [6, 6.07) is 1.91. The number of aromatic nitrogens is 4. The third-order valence-corrected chi connectivity index (χ3v) is 3.70. The summed E-state index contributed by atoms with van der Waals surface area (Å²) >= 11 is 3.70. The van der Waals surface area contributed by atoms with Crippen LogP contribution in [0.1, 0.15) is 0 Å². The number of hydrogen-bond acceptors (Lipinski definition) is 5. The van der Waals surface area contributed by atoms with Gasteiger partial charge in [0.15, 0.2) is 0 Å². The zero-order valence-corrected chi connectivity index (χ0v) is 11.8. The van der Waals surface area contributed by atoms with Gasteiger partial charge >= 0.3 is 0 Å². The topological polar surface area (TPSA) is 52.3 Å². The monoisotopic (exact) mass is 358 g/mol. The summed E-state index contributed by atoms with van der Waals surface area (Å²) in [5.74, 6) is 0.727. The number of halogens is 1. The summed E-state index contributed by atoms with van der Waals surface area (Å²) in [4.78, 5) is 9.35. The predicted octanol–water partition coefficient (Wildman–Crippen LogP) is 2.47. The van der Waals surface area contributed by atoms with E-state index in [9.17, 15) is 0 Å². The van der Waals surface area contributed by atoms with Crippen LogP contribution in [0.25, 0.3) is 15.5 Å². The Morgan fingerprint density at radius 3 is 3.06 bits per heavy atom. The van der Waals surface area contributed by atoms with Crippen LogP contribution in [0.15, 0.2) is 24.7 Å². The number of ether oxygens (including phenoxy) is 1. The van der Waals surface area contributed by atoms with Gasteiger partial charge in [-0.1, -0.05) is 11.3 Å². The second-order valence-corrected chi connectivity index (χ2v) is 5.37. The standard InChI is InChI=1S/C10H7IN4OS/c1-16-7-2-6(3-12-4-7)9-14-15-5-8(11)13-10(15)17-9/h2-5H,1H3. The van der Waals surface area contributed by atoms with Crippen molar-refractivity contribution in [3.05, 3.63) is 28.4 Å². The van der Waals surface area contributed by atoms with E-state index >= 15 is 0 Å². The van der Waals surface area contributed by atoms with Gasteiger partial charge < -0.3 is 4.74 Å². The number of fused-ring (bicyclic) bond motifs is 1. The minimum absolute atomic E-state index is 0.727. The molecule has 0 fully saturated rings. The molecule has 0 radical (unpaired) electrons. The highest BCUT2D eigenvalue weighted by molar-refractivity contribution is 14.1. The molecule has 0 aliphatic rings. The fourth-order valence-corrected chi connectivity index (χ4v) is 2.96. The van der Waals surface area contributed by atoms with Crippen molar-refractivity contribution in [3.8, 4) is 16.3 Å². The van der Waals surface area contributed by atoms with E-state index in [1.165, 1.54) is 11.3 Å². The number of methoxy groups -OCH3 is 1. The lowest BCUT2D eigenvalue weighted by Crippen LogP contribution is -1.87. The molecule has 3 aromatic rings. The minimum Gasteiger partial charge on any atom is -0.495 e. The quantitative estimate of drug-likeness (QED) is 0.661. The summed E-state index contributed by atoms with van der Waals surface area (Å²) < 4.78 is 7.86. The Morgan fingerprint density at radius 2 is 2.29 bits per heavy atom. The fraction of sp³-hybridized carbons (Fsp3) is 0.100. The lowest BCUT2D eigenvalue weighted by Gasteiger charge is -1.99. The van der Waals surface area contributed by atoms with Gasteiger partial charge in [-0.3, -0.25) is 4.98 Å². The average Bonchev–Trinajstić information content (AvgIpc) is 2.86. The summed E-state index contributed by atoms with van der Waals surface area (Å²) in [6.45, 7) is 0. The highest BCUT2D eigenvalue weighted by Crippen LogP contribution is 2.27. The zero-order chi connectivity index (χ0) is 11.8. The lowest BCUT2D eigenvalue weighted by atomic mass is 10.3. The van der Waals surface area contributed by atoms with Crippen LogP contribution in [0.2, 0.25) is 0 Å². The maximum Gasteiger partial charge on any atom is 0.213 e. The molecule has 0 bridgehead atoms. The van der Waals surface area contributed by atoms with Gasteiger partial charge in [-0.15, -0.1) is 0 Å². The van der Waals surface area contributed by atoms with E-state index in [0.717, 1.165) is 25.0 Å². The molecular formula is C10H7IN4OS. The largest absolute Gasteiger partial charge is 0.495 e. The molecule has 5 nitrogen and oxygen atoms in total. The molecule has 17 heavy (non-hydrogen) atoms. The number of imidazole rings is 1. The second kappa shape index (κ2) is 4.22. The van der Waals surface area contributed by atoms with E-state index < -0.39 is 0 Å². The van der Waals surface area contributed by atoms with Crippen LogP contribution >= 0.6 is 33.9 Å². The van der Waals surface area contributed by atoms with Gasteiger partial charge in [-0.2, -0.15) is 5.10 Å². The van der Waals surface area contributed by atoms with Crippen molar-refractivity contribution in [1.29, 1.82) is 0 Å². The van der Waals surface area contributed by atoms with Crippen molar-refractivity contribution in [1.82, 2.24) is 19.6 Å². The predicted molar refractivity (Wildman–Crippen MR) is 73.4 cm³/mol. The molecule has 0 N–H and O–H groups in total.